The van der Waals surface area contributed by atoms with Gasteiger partial charge in [-0.05, 0) is 30.3 Å². The number of halogens is 3. The van der Waals surface area contributed by atoms with Crippen LogP contribution in [-0.2, 0) is 6.18 Å². The average molecular weight is 362 g/mol. The van der Waals surface area contributed by atoms with E-state index in [0.29, 0.717) is 5.69 Å². The monoisotopic (exact) mass is 362 g/mol. The van der Waals surface area contributed by atoms with Crippen molar-refractivity contribution in [1.82, 2.24) is 14.8 Å². The number of rotatable bonds is 4. The molecule has 0 atom stereocenters. The highest BCUT2D eigenvalue weighted by atomic mass is 19.4. The zero-order valence-electron chi connectivity index (χ0n) is 13.5. The first-order chi connectivity index (χ1) is 12.4. The van der Waals surface area contributed by atoms with Crippen LogP contribution in [0.3, 0.4) is 0 Å². The molecule has 0 saturated carbocycles. The fraction of sp³-hybridized carbons (Fsp3) is 0.118. The van der Waals surface area contributed by atoms with Crippen LogP contribution in [0.1, 0.15) is 16.1 Å². The first-order valence-corrected chi connectivity index (χ1v) is 7.41. The summed E-state index contributed by atoms with van der Waals surface area (Å²) in [6.45, 7) is 0. The van der Waals surface area contributed by atoms with Gasteiger partial charge in [0, 0.05) is 18.1 Å². The Morgan fingerprint density at radius 1 is 1.19 bits per heavy atom. The number of nitrogens with one attached hydrogen (secondary N) is 1. The predicted octanol–water partition coefficient (Wildman–Crippen LogP) is 3.55. The maximum Gasteiger partial charge on any atom is 0.416 e. The Balaban J connectivity index is 1.93. The van der Waals surface area contributed by atoms with Crippen molar-refractivity contribution in [3.05, 3.63) is 66.2 Å². The minimum atomic E-state index is -4.48. The molecule has 134 valence electrons. The Morgan fingerprint density at radius 2 is 1.92 bits per heavy atom. The van der Waals surface area contributed by atoms with Crippen LogP contribution in [0.5, 0.6) is 5.75 Å². The first-order valence-electron chi connectivity index (χ1n) is 7.41. The highest BCUT2D eigenvalue weighted by Crippen LogP contribution is 2.30. The van der Waals surface area contributed by atoms with Crippen LogP contribution < -0.4 is 10.1 Å². The third-order valence-electron chi connectivity index (χ3n) is 3.49. The summed E-state index contributed by atoms with van der Waals surface area (Å²) in [5.41, 5.74) is -0.212. The van der Waals surface area contributed by atoms with Crippen molar-refractivity contribution in [3.8, 4) is 11.4 Å². The number of aromatic nitrogens is 3. The molecule has 0 saturated heterocycles. The number of amides is 1. The highest BCUT2D eigenvalue weighted by molar-refractivity contribution is 6.04. The molecule has 0 unspecified atom stereocenters. The van der Waals surface area contributed by atoms with Gasteiger partial charge in [0.15, 0.2) is 11.4 Å². The van der Waals surface area contributed by atoms with E-state index in [1.165, 1.54) is 37.8 Å². The summed E-state index contributed by atoms with van der Waals surface area (Å²) in [5, 5.41) is 6.69. The lowest BCUT2D eigenvalue weighted by molar-refractivity contribution is -0.137. The summed E-state index contributed by atoms with van der Waals surface area (Å²) < 4.78 is 44.9. The Morgan fingerprint density at radius 3 is 2.58 bits per heavy atom. The Bertz CT molecular complexity index is 923. The van der Waals surface area contributed by atoms with Crippen molar-refractivity contribution >= 4 is 11.6 Å². The number of alkyl halides is 3. The zero-order valence-corrected chi connectivity index (χ0v) is 13.5. The number of carbonyl (C=O) groups excluding carboxylic acids is 1. The van der Waals surface area contributed by atoms with E-state index >= 15 is 0 Å². The molecule has 1 amide bonds. The zero-order chi connectivity index (χ0) is 18.7. The van der Waals surface area contributed by atoms with Crippen molar-refractivity contribution in [3.63, 3.8) is 0 Å². The van der Waals surface area contributed by atoms with E-state index in [1.807, 2.05) is 0 Å². The van der Waals surface area contributed by atoms with Gasteiger partial charge in [-0.3, -0.25) is 9.78 Å². The second kappa shape index (κ2) is 6.87. The molecular weight excluding hydrogens is 349 g/mol. The number of pyridine rings is 1. The molecule has 0 aliphatic carbocycles. The quantitative estimate of drug-likeness (QED) is 0.771. The normalized spacial score (nSPS) is 11.2. The minimum absolute atomic E-state index is 0.0540. The molecule has 0 fully saturated rings. The maximum absolute atomic E-state index is 12.9. The molecule has 0 aliphatic rings. The lowest BCUT2D eigenvalue weighted by atomic mass is 10.2. The average Bonchev–Trinajstić information content (AvgIpc) is 3.06. The van der Waals surface area contributed by atoms with Gasteiger partial charge in [-0.1, -0.05) is 6.07 Å². The van der Waals surface area contributed by atoms with Crippen LogP contribution in [0.25, 0.3) is 5.69 Å². The summed E-state index contributed by atoms with van der Waals surface area (Å²) in [6, 6.07) is 7.80. The van der Waals surface area contributed by atoms with E-state index < -0.39 is 17.6 Å². The molecule has 0 bridgehead atoms. The van der Waals surface area contributed by atoms with Crippen molar-refractivity contribution in [2.24, 2.45) is 0 Å². The molecule has 6 nitrogen and oxygen atoms in total. The molecule has 9 heteroatoms. The molecule has 1 aromatic carbocycles. The van der Waals surface area contributed by atoms with Gasteiger partial charge in [0.2, 0.25) is 0 Å². The van der Waals surface area contributed by atoms with Crippen molar-refractivity contribution in [2.45, 2.75) is 6.18 Å². The molecule has 0 aliphatic heterocycles. The van der Waals surface area contributed by atoms with Crippen LogP contribution in [-0.4, -0.2) is 27.8 Å². The molecule has 26 heavy (non-hydrogen) atoms. The third kappa shape index (κ3) is 3.66. The SMILES string of the molecule is COc1cn(-c2cccc(C(F)(F)F)c2)nc1C(=O)Nc1ccncc1. The molecule has 2 heterocycles. The Hall–Kier alpha value is -3.36. The van der Waals surface area contributed by atoms with E-state index in [-0.39, 0.29) is 17.1 Å². The number of methoxy groups -OCH3 is 1. The van der Waals surface area contributed by atoms with Crippen LogP contribution in [0.4, 0.5) is 18.9 Å². The molecule has 3 aromatic rings. The molecule has 1 N–H and O–H groups in total. The summed E-state index contributed by atoms with van der Waals surface area (Å²) in [7, 11) is 1.34. The van der Waals surface area contributed by atoms with Gasteiger partial charge in [0.1, 0.15) is 0 Å². The molecule has 3 rings (SSSR count). The number of hydrogen-bond donors (Lipinski definition) is 1. The summed E-state index contributed by atoms with van der Waals surface area (Å²) >= 11 is 0. The fourth-order valence-corrected chi connectivity index (χ4v) is 2.25. The van der Waals surface area contributed by atoms with Gasteiger partial charge in [-0.2, -0.15) is 18.3 Å². The topological polar surface area (TPSA) is 69.0 Å². The number of ether oxygens (including phenoxy) is 1. The van der Waals surface area contributed by atoms with Gasteiger partial charge < -0.3 is 10.1 Å². The second-order valence-corrected chi connectivity index (χ2v) is 5.23. The van der Waals surface area contributed by atoms with Crippen LogP contribution in [0, 0.1) is 0 Å². The number of hydrogen-bond acceptors (Lipinski definition) is 4. The fourth-order valence-electron chi connectivity index (χ4n) is 2.25. The van der Waals surface area contributed by atoms with Gasteiger partial charge in [0.25, 0.3) is 5.91 Å². The van der Waals surface area contributed by atoms with E-state index in [2.05, 4.69) is 15.4 Å². The molecule has 2 aromatic heterocycles. The van der Waals surface area contributed by atoms with Crippen LogP contribution in [0.15, 0.2) is 55.0 Å². The van der Waals surface area contributed by atoms with Gasteiger partial charge >= 0.3 is 6.18 Å². The van der Waals surface area contributed by atoms with Gasteiger partial charge in [-0.25, -0.2) is 4.68 Å². The number of carbonyl (C=O) groups is 1. The van der Waals surface area contributed by atoms with Gasteiger partial charge in [-0.15, -0.1) is 0 Å². The van der Waals surface area contributed by atoms with Crippen molar-refractivity contribution < 1.29 is 22.7 Å². The standard InChI is InChI=1S/C17H13F3N4O2/c1-26-14-10-24(13-4-2-3-11(9-13)17(18,19)20)23-15(14)16(25)22-12-5-7-21-8-6-12/h2-10H,1H3,(H,21,22,25). The van der Waals surface area contributed by atoms with Crippen LogP contribution in [0.2, 0.25) is 0 Å². The maximum atomic E-state index is 12.9. The Labute approximate surface area is 146 Å². The summed E-state index contributed by atoms with van der Waals surface area (Å²) in [4.78, 5) is 16.2. The molecule has 0 radical (unpaired) electrons. The first kappa shape index (κ1) is 17.5. The summed E-state index contributed by atoms with van der Waals surface area (Å²) in [6.07, 6.45) is -0.117. The highest BCUT2D eigenvalue weighted by Gasteiger charge is 2.30. The smallest absolute Gasteiger partial charge is 0.416 e. The summed E-state index contributed by atoms with van der Waals surface area (Å²) in [5.74, 6) is -0.423. The predicted molar refractivity (Wildman–Crippen MR) is 87.3 cm³/mol. The molecular formula is C17H13F3N4O2. The van der Waals surface area contributed by atoms with Gasteiger partial charge in [0.05, 0.1) is 24.6 Å². The lowest BCUT2D eigenvalue weighted by Gasteiger charge is -2.08. The Kier molecular flexibility index (Phi) is 4.61. The van der Waals surface area contributed by atoms with Crippen molar-refractivity contribution in [1.29, 1.82) is 0 Å². The third-order valence-corrected chi connectivity index (χ3v) is 3.49. The van der Waals surface area contributed by atoms with E-state index in [0.717, 1.165) is 16.8 Å². The van der Waals surface area contributed by atoms with E-state index in [1.54, 1.807) is 12.1 Å². The van der Waals surface area contributed by atoms with Crippen molar-refractivity contribution in [2.75, 3.05) is 12.4 Å². The van der Waals surface area contributed by atoms with E-state index in [4.69, 9.17) is 4.74 Å². The van der Waals surface area contributed by atoms with Crippen LogP contribution >= 0.6 is 0 Å². The minimum Gasteiger partial charge on any atom is -0.493 e. The van der Waals surface area contributed by atoms with E-state index in [9.17, 15) is 18.0 Å². The lowest BCUT2D eigenvalue weighted by Crippen LogP contribution is -2.14. The molecule has 0 spiro atoms. The largest absolute Gasteiger partial charge is 0.493 e. The number of nitrogens with zero attached hydrogens (tertiary/aromatic N) is 3. The number of benzene rings is 1. The number of anilines is 1. The second-order valence-electron chi connectivity index (χ2n) is 5.23.